The smallest absolute Gasteiger partial charge is 0.260 e. The second kappa shape index (κ2) is 5.83. The van der Waals surface area contributed by atoms with Gasteiger partial charge < -0.3 is 4.90 Å². The van der Waals surface area contributed by atoms with Crippen LogP contribution in [-0.2, 0) is 10.0 Å². The summed E-state index contributed by atoms with van der Waals surface area (Å²) in [5.74, 6) is 0. The minimum absolute atomic E-state index is 0.0317. The minimum Gasteiger partial charge on any atom is -0.301 e. The molecule has 1 aromatic rings. The third-order valence-electron chi connectivity index (χ3n) is 3.94. The second-order valence-electron chi connectivity index (χ2n) is 5.61. The number of nitrogens with zero attached hydrogens (tertiary/aromatic N) is 4. The lowest BCUT2D eigenvalue weighted by atomic mass is 10.1. The maximum atomic E-state index is 12.8. The number of rotatable bonds is 4. The van der Waals surface area contributed by atoms with E-state index in [0.29, 0.717) is 18.1 Å². The van der Waals surface area contributed by atoms with Crippen LogP contribution in [0.2, 0.25) is 0 Å². The standard InChI is InChI=1S/C13H24N4O2S/c1-5-12-10-16(9-8-15(12)4)20(18,19)13-6-7-14-17(13)11(2)3/h6-7,11-12H,5,8-10H2,1-4H3/t12-/m1/s1. The van der Waals surface area contributed by atoms with Gasteiger partial charge in [-0.2, -0.15) is 9.40 Å². The van der Waals surface area contributed by atoms with Crippen LogP contribution in [0.5, 0.6) is 0 Å². The summed E-state index contributed by atoms with van der Waals surface area (Å²) in [6, 6.07) is 1.91. The molecule has 0 saturated carbocycles. The molecule has 0 radical (unpaired) electrons. The van der Waals surface area contributed by atoms with Gasteiger partial charge in [-0.15, -0.1) is 0 Å². The summed E-state index contributed by atoms with van der Waals surface area (Å²) in [6.07, 6.45) is 2.51. The third kappa shape index (κ3) is 2.75. The van der Waals surface area contributed by atoms with Crippen LogP contribution in [0, 0.1) is 0 Å². The number of hydrogen-bond acceptors (Lipinski definition) is 4. The summed E-state index contributed by atoms with van der Waals surface area (Å²) in [5, 5.41) is 4.43. The van der Waals surface area contributed by atoms with Crippen molar-refractivity contribution in [3.63, 3.8) is 0 Å². The fourth-order valence-corrected chi connectivity index (χ4v) is 4.29. The Morgan fingerprint density at radius 1 is 1.40 bits per heavy atom. The van der Waals surface area contributed by atoms with Crippen LogP contribution >= 0.6 is 0 Å². The van der Waals surface area contributed by atoms with E-state index >= 15 is 0 Å². The van der Waals surface area contributed by atoms with Crippen molar-refractivity contribution >= 4 is 10.0 Å². The minimum atomic E-state index is -3.45. The van der Waals surface area contributed by atoms with Gasteiger partial charge in [0.25, 0.3) is 10.0 Å². The van der Waals surface area contributed by atoms with E-state index < -0.39 is 10.0 Å². The average molecular weight is 300 g/mol. The molecule has 0 amide bonds. The first-order valence-electron chi connectivity index (χ1n) is 7.11. The van der Waals surface area contributed by atoms with E-state index in [0.717, 1.165) is 13.0 Å². The first-order chi connectivity index (χ1) is 9.37. The maximum Gasteiger partial charge on any atom is 0.260 e. The van der Waals surface area contributed by atoms with Gasteiger partial charge in [-0.1, -0.05) is 6.92 Å². The Kier molecular flexibility index (Phi) is 4.51. The Hall–Kier alpha value is -0.920. The average Bonchev–Trinajstić information content (AvgIpc) is 2.89. The zero-order valence-electron chi connectivity index (χ0n) is 12.7. The van der Waals surface area contributed by atoms with Crippen LogP contribution in [-0.4, -0.2) is 60.1 Å². The van der Waals surface area contributed by atoms with Gasteiger partial charge in [0, 0.05) is 31.7 Å². The molecule has 20 heavy (non-hydrogen) atoms. The molecule has 114 valence electrons. The highest BCUT2D eigenvalue weighted by Crippen LogP contribution is 2.22. The zero-order chi connectivity index (χ0) is 14.9. The van der Waals surface area contributed by atoms with Crippen molar-refractivity contribution in [1.82, 2.24) is 19.0 Å². The highest BCUT2D eigenvalue weighted by molar-refractivity contribution is 7.89. The summed E-state index contributed by atoms with van der Waals surface area (Å²) in [6.45, 7) is 7.83. The Morgan fingerprint density at radius 2 is 2.10 bits per heavy atom. The van der Waals surface area contributed by atoms with Crippen molar-refractivity contribution in [3.05, 3.63) is 12.3 Å². The topological polar surface area (TPSA) is 58.4 Å². The van der Waals surface area contributed by atoms with Gasteiger partial charge in [-0.05, 0) is 33.4 Å². The first kappa shape index (κ1) is 15.5. The molecule has 1 aliphatic heterocycles. The summed E-state index contributed by atoms with van der Waals surface area (Å²) in [5.41, 5.74) is 0. The van der Waals surface area contributed by atoms with E-state index in [1.807, 2.05) is 13.8 Å². The molecule has 0 spiro atoms. The van der Waals surface area contributed by atoms with E-state index in [4.69, 9.17) is 0 Å². The molecule has 1 fully saturated rings. The van der Waals surface area contributed by atoms with Gasteiger partial charge in [-0.3, -0.25) is 4.68 Å². The Morgan fingerprint density at radius 3 is 2.70 bits per heavy atom. The fraction of sp³-hybridized carbons (Fsp3) is 0.769. The van der Waals surface area contributed by atoms with Crippen molar-refractivity contribution in [1.29, 1.82) is 0 Å². The second-order valence-corrected chi connectivity index (χ2v) is 7.50. The predicted molar refractivity (Wildman–Crippen MR) is 78.1 cm³/mol. The van der Waals surface area contributed by atoms with Crippen LogP contribution < -0.4 is 0 Å². The largest absolute Gasteiger partial charge is 0.301 e. The monoisotopic (exact) mass is 300 g/mol. The van der Waals surface area contributed by atoms with Crippen molar-refractivity contribution in [2.24, 2.45) is 0 Å². The van der Waals surface area contributed by atoms with Crippen molar-refractivity contribution < 1.29 is 8.42 Å². The van der Waals surface area contributed by atoms with Gasteiger partial charge in [0.2, 0.25) is 0 Å². The van der Waals surface area contributed by atoms with Crippen molar-refractivity contribution in [2.45, 2.75) is 44.3 Å². The molecule has 1 saturated heterocycles. The molecule has 0 aromatic carbocycles. The normalized spacial score (nSPS) is 22.6. The van der Waals surface area contributed by atoms with Gasteiger partial charge in [0.05, 0.1) is 6.20 Å². The summed E-state index contributed by atoms with van der Waals surface area (Å²) in [7, 11) is -1.40. The lowest BCUT2D eigenvalue weighted by Crippen LogP contribution is -2.53. The van der Waals surface area contributed by atoms with Gasteiger partial charge >= 0.3 is 0 Å². The number of sulfonamides is 1. The molecule has 1 aliphatic rings. The van der Waals surface area contributed by atoms with Gasteiger partial charge in [0.15, 0.2) is 5.03 Å². The molecule has 2 rings (SSSR count). The Bertz CT molecular complexity index is 552. The lowest BCUT2D eigenvalue weighted by molar-refractivity contribution is 0.143. The zero-order valence-corrected chi connectivity index (χ0v) is 13.5. The summed E-state index contributed by atoms with van der Waals surface area (Å²) >= 11 is 0. The Labute approximate surface area is 121 Å². The SMILES string of the molecule is CC[C@@H]1CN(S(=O)(=O)c2ccnn2C(C)C)CCN1C. The molecular formula is C13H24N4O2S. The van der Waals surface area contributed by atoms with E-state index in [1.165, 1.54) is 0 Å². The number of aromatic nitrogens is 2. The molecule has 7 heteroatoms. The van der Waals surface area contributed by atoms with E-state index in [2.05, 4.69) is 24.0 Å². The molecule has 0 bridgehead atoms. The maximum absolute atomic E-state index is 12.8. The van der Waals surface area contributed by atoms with Gasteiger partial charge in [-0.25, -0.2) is 8.42 Å². The highest BCUT2D eigenvalue weighted by Gasteiger charge is 2.34. The van der Waals surface area contributed by atoms with Crippen LogP contribution in [0.15, 0.2) is 17.3 Å². The van der Waals surface area contributed by atoms with Crippen LogP contribution in [0.25, 0.3) is 0 Å². The molecule has 0 N–H and O–H groups in total. The number of hydrogen-bond donors (Lipinski definition) is 0. The molecule has 0 aliphatic carbocycles. The molecule has 1 atom stereocenters. The lowest BCUT2D eigenvalue weighted by Gasteiger charge is -2.38. The van der Waals surface area contributed by atoms with E-state index in [1.54, 1.807) is 21.3 Å². The van der Waals surface area contributed by atoms with Crippen LogP contribution in [0.1, 0.15) is 33.2 Å². The molecule has 1 aromatic heterocycles. The van der Waals surface area contributed by atoms with E-state index in [9.17, 15) is 8.42 Å². The van der Waals surface area contributed by atoms with E-state index in [-0.39, 0.29) is 12.1 Å². The molecule has 0 unspecified atom stereocenters. The number of likely N-dealkylation sites (N-methyl/N-ethyl adjacent to an activating group) is 1. The quantitative estimate of drug-likeness (QED) is 0.838. The summed E-state index contributed by atoms with van der Waals surface area (Å²) < 4.78 is 28.7. The van der Waals surface area contributed by atoms with Crippen LogP contribution in [0.4, 0.5) is 0 Å². The highest BCUT2D eigenvalue weighted by atomic mass is 32.2. The molecular weight excluding hydrogens is 276 g/mol. The third-order valence-corrected chi connectivity index (χ3v) is 5.80. The first-order valence-corrected chi connectivity index (χ1v) is 8.55. The number of piperazine rings is 1. The Balaban J connectivity index is 2.29. The fourth-order valence-electron chi connectivity index (χ4n) is 2.60. The molecule has 6 nitrogen and oxygen atoms in total. The molecule has 2 heterocycles. The predicted octanol–water partition coefficient (Wildman–Crippen LogP) is 1.18. The van der Waals surface area contributed by atoms with Crippen LogP contribution in [0.3, 0.4) is 0 Å². The van der Waals surface area contributed by atoms with Crippen molar-refractivity contribution in [2.75, 3.05) is 26.7 Å². The summed E-state index contributed by atoms with van der Waals surface area (Å²) in [4.78, 5) is 2.23. The van der Waals surface area contributed by atoms with Crippen molar-refractivity contribution in [3.8, 4) is 0 Å². The van der Waals surface area contributed by atoms with Gasteiger partial charge in [0.1, 0.15) is 0 Å².